The van der Waals surface area contributed by atoms with Gasteiger partial charge < -0.3 is 14.8 Å². The molecule has 1 heterocycles. The number of aromatic nitrogens is 1. The molecule has 0 saturated carbocycles. The molecule has 0 unspecified atom stereocenters. The number of benzene rings is 2. The van der Waals surface area contributed by atoms with E-state index >= 15 is 0 Å². The van der Waals surface area contributed by atoms with E-state index in [0.29, 0.717) is 30.9 Å². The summed E-state index contributed by atoms with van der Waals surface area (Å²) < 4.78 is 35.0. The Hall–Kier alpha value is -3.48. The lowest BCUT2D eigenvalue weighted by molar-refractivity contribution is -0.116. The molecule has 0 saturated heterocycles. The zero-order chi connectivity index (χ0) is 20.5. The van der Waals surface area contributed by atoms with Crippen LogP contribution in [0.25, 0.3) is 17.0 Å². The second kappa shape index (κ2) is 10.2. The van der Waals surface area contributed by atoms with Gasteiger partial charge in [0.1, 0.15) is 17.0 Å². The van der Waals surface area contributed by atoms with Gasteiger partial charge in [-0.1, -0.05) is 36.4 Å². The number of ether oxygens (including phenoxy) is 2. The average molecular weight is 398 g/mol. The molecule has 29 heavy (non-hydrogen) atoms. The third-order valence-electron chi connectivity index (χ3n) is 4.02. The van der Waals surface area contributed by atoms with Crippen molar-refractivity contribution < 1.29 is 23.0 Å². The Morgan fingerprint density at radius 2 is 1.86 bits per heavy atom. The van der Waals surface area contributed by atoms with Gasteiger partial charge in [0.05, 0.1) is 6.61 Å². The van der Waals surface area contributed by atoms with E-state index in [1.807, 2.05) is 30.3 Å². The molecule has 3 aromatic rings. The molecule has 2 aromatic carbocycles. The van der Waals surface area contributed by atoms with Gasteiger partial charge in [-0.15, -0.1) is 0 Å². The van der Waals surface area contributed by atoms with Crippen LogP contribution in [0.4, 0.5) is 8.78 Å². The maximum absolute atomic E-state index is 12.4. The number of rotatable bonds is 9. The zero-order valence-corrected chi connectivity index (χ0v) is 15.6. The molecule has 3 rings (SSSR count). The number of hydrogen-bond donors (Lipinski definition) is 1. The lowest BCUT2D eigenvalue weighted by atomic mass is 10.2. The number of nitrogens with zero attached hydrogens (tertiary/aromatic N) is 1. The topological polar surface area (TPSA) is 60.5 Å². The summed E-state index contributed by atoms with van der Waals surface area (Å²) in [7, 11) is 0. The van der Waals surface area contributed by atoms with Crippen molar-refractivity contribution in [3.63, 3.8) is 0 Å². The Labute approximate surface area is 167 Å². The highest BCUT2D eigenvalue weighted by Crippen LogP contribution is 2.23. The minimum absolute atomic E-state index is 0.0173. The van der Waals surface area contributed by atoms with Crippen LogP contribution in [-0.2, 0) is 4.79 Å². The Morgan fingerprint density at radius 3 is 2.72 bits per heavy atom. The van der Waals surface area contributed by atoms with E-state index in [0.717, 1.165) is 10.9 Å². The van der Waals surface area contributed by atoms with Crippen molar-refractivity contribution >= 4 is 22.9 Å². The Bertz CT molecular complexity index is 987. The molecule has 7 heteroatoms. The highest BCUT2D eigenvalue weighted by molar-refractivity contribution is 5.92. The average Bonchev–Trinajstić information content (AvgIpc) is 2.72. The first-order chi connectivity index (χ1) is 14.1. The molecule has 1 N–H and O–H groups in total. The number of pyridine rings is 1. The summed E-state index contributed by atoms with van der Waals surface area (Å²) in [5.41, 5.74) is 1.20. The molecule has 5 nitrogen and oxygen atoms in total. The standard InChI is InChI=1S/C22H20F2N2O3/c23-22(24)29-18-9-2-1-6-16(18)11-12-20(27)25-14-5-15-28-19-10-3-7-17-8-4-13-26-21(17)19/h1-4,6-13,22H,5,14-15H2,(H,25,27)/b12-11+. The molecule has 0 aliphatic carbocycles. The van der Waals surface area contributed by atoms with Crippen LogP contribution in [0.1, 0.15) is 12.0 Å². The fourth-order valence-electron chi connectivity index (χ4n) is 2.70. The fraction of sp³-hybridized carbons (Fsp3) is 0.182. The molecule has 0 aliphatic heterocycles. The number of carbonyl (C=O) groups excluding carboxylic acids is 1. The third-order valence-corrected chi connectivity index (χ3v) is 4.02. The molecule has 0 spiro atoms. The van der Waals surface area contributed by atoms with Crippen LogP contribution in [-0.4, -0.2) is 30.7 Å². The largest absolute Gasteiger partial charge is 0.491 e. The van der Waals surface area contributed by atoms with Gasteiger partial charge in [-0.25, -0.2) is 0 Å². The molecular weight excluding hydrogens is 378 g/mol. The summed E-state index contributed by atoms with van der Waals surface area (Å²) >= 11 is 0. The predicted molar refractivity (Wildman–Crippen MR) is 107 cm³/mol. The Balaban J connectivity index is 1.44. The summed E-state index contributed by atoms with van der Waals surface area (Å²) in [4.78, 5) is 16.2. The quantitative estimate of drug-likeness (QED) is 0.428. The van der Waals surface area contributed by atoms with Crippen molar-refractivity contribution in [2.24, 2.45) is 0 Å². The minimum atomic E-state index is -2.92. The maximum Gasteiger partial charge on any atom is 0.387 e. The van der Waals surface area contributed by atoms with Crippen LogP contribution in [0, 0.1) is 0 Å². The van der Waals surface area contributed by atoms with Gasteiger partial charge >= 0.3 is 6.61 Å². The minimum Gasteiger partial charge on any atom is -0.491 e. The van der Waals surface area contributed by atoms with Gasteiger partial charge in [0, 0.05) is 29.8 Å². The number of hydrogen-bond acceptors (Lipinski definition) is 4. The smallest absolute Gasteiger partial charge is 0.387 e. The van der Waals surface area contributed by atoms with Gasteiger partial charge in [0.2, 0.25) is 5.91 Å². The molecule has 1 amide bonds. The number of fused-ring (bicyclic) bond motifs is 1. The lowest BCUT2D eigenvalue weighted by Gasteiger charge is -2.09. The number of para-hydroxylation sites is 2. The first-order valence-electron chi connectivity index (χ1n) is 9.10. The molecule has 0 atom stereocenters. The molecule has 0 radical (unpaired) electrons. The van der Waals surface area contributed by atoms with Crippen molar-refractivity contribution in [2.45, 2.75) is 13.0 Å². The Kier molecular flexibility index (Phi) is 7.10. The number of alkyl halides is 2. The Morgan fingerprint density at radius 1 is 1.07 bits per heavy atom. The summed E-state index contributed by atoms with van der Waals surface area (Å²) in [5.74, 6) is 0.386. The van der Waals surface area contributed by atoms with Gasteiger partial charge in [0.15, 0.2) is 0 Å². The zero-order valence-electron chi connectivity index (χ0n) is 15.6. The summed E-state index contributed by atoms with van der Waals surface area (Å²) in [6.07, 6.45) is 5.04. The summed E-state index contributed by atoms with van der Waals surface area (Å²) in [6.45, 7) is -2.09. The van der Waals surface area contributed by atoms with Crippen molar-refractivity contribution in [3.05, 3.63) is 72.4 Å². The number of carbonyl (C=O) groups is 1. The van der Waals surface area contributed by atoms with Crippen LogP contribution >= 0.6 is 0 Å². The number of amides is 1. The second-order valence-electron chi connectivity index (χ2n) is 6.07. The first kappa shape index (κ1) is 20.3. The molecular formula is C22H20F2N2O3. The van der Waals surface area contributed by atoms with E-state index in [4.69, 9.17) is 4.74 Å². The molecule has 0 aliphatic rings. The molecule has 0 fully saturated rings. The van der Waals surface area contributed by atoms with E-state index in [1.165, 1.54) is 18.2 Å². The van der Waals surface area contributed by atoms with Crippen LogP contribution in [0.15, 0.2) is 66.9 Å². The monoisotopic (exact) mass is 398 g/mol. The van der Waals surface area contributed by atoms with Crippen molar-refractivity contribution in [3.8, 4) is 11.5 Å². The predicted octanol–water partition coefficient (Wildman–Crippen LogP) is 4.43. The number of halogens is 2. The van der Waals surface area contributed by atoms with Crippen molar-refractivity contribution in [1.82, 2.24) is 10.3 Å². The SMILES string of the molecule is O=C(/C=C/c1ccccc1OC(F)F)NCCCOc1cccc2cccnc12. The van der Waals surface area contributed by atoms with Crippen LogP contribution < -0.4 is 14.8 Å². The molecule has 0 bridgehead atoms. The third kappa shape index (κ3) is 6.00. The summed E-state index contributed by atoms with van der Waals surface area (Å²) in [5, 5.41) is 3.73. The van der Waals surface area contributed by atoms with E-state index in [9.17, 15) is 13.6 Å². The second-order valence-corrected chi connectivity index (χ2v) is 6.07. The number of nitrogens with one attached hydrogen (secondary N) is 1. The lowest BCUT2D eigenvalue weighted by Crippen LogP contribution is -2.23. The van der Waals surface area contributed by atoms with Gasteiger partial charge in [0.25, 0.3) is 0 Å². The highest BCUT2D eigenvalue weighted by atomic mass is 19.3. The van der Waals surface area contributed by atoms with E-state index in [-0.39, 0.29) is 11.7 Å². The van der Waals surface area contributed by atoms with Crippen molar-refractivity contribution in [1.29, 1.82) is 0 Å². The fourth-order valence-corrected chi connectivity index (χ4v) is 2.70. The van der Waals surface area contributed by atoms with Crippen LogP contribution in [0.2, 0.25) is 0 Å². The van der Waals surface area contributed by atoms with Gasteiger partial charge in [-0.3, -0.25) is 9.78 Å². The molecule has 1 aromatic heterocycles. The van der Waals surface area contributed by atoms with E-state index in [1.54, 1.807) is 24.4 Å². The van der Waals surface area contributed by atoms with E-state index in [2.05, 4.69) is 15.0 Å². The van der Waals surface area contributed by atoms with E-state index < -0.39 is 6.61 Å². The highest BCUT2D eigenvalue weighted by Gasteiger charge is 2.07. The van der Waals surface area contributed by atoms with Crippen LogP contribution in [0.3, 0.4) is 0 Å². The first-order valence-corrected chi connectivity index (χ1v) is 9.10. The maximum atomic E-state index is 12.4. The summed E-state index contributed by atoms with van der Waals surface area (Å²) in [6, 6.07) is 15.8. The van der Waals surface area contributed by atoms with Crippen molar-refractivity contribution in [2.75, 3.05) is 13.2 Å². The molecule has 150 valence electrons. The van der Waals surface area contributed by atoms with Gasteiger partial charge in [-0.05, 0) is 30.7 Å². The normalized spacial score (nSPS) is 11.1. The van der Waals surface area contributed by atoms with Gasteiger partial charge in [-0.2, -0.15) is 8.78 Å². The van der Waals surface area contributed by atoms with Crippen LogP contribution in [0.5, 0.6) is 11.5 Å².